The molecule has 1 aromatic carbocycles. The molecule has 1 aliphatic heterocycles. The molecule has 4 nitrogen and oxygen atoms in total. The molecule has 1 aromatic rings. The number of hydrogen-bond acceptors (Lipinski definition) is 2. The Morgan fingerprint density at radius 2 is 1.89 bits per heavy atom. The molecular formula is C15H16N2O2. The quantitative estimate of drug-likeness (QED) is 0.747. The minimum Gasteiger partial charge on any atom is -0.339 e. The molecule has 1 heterocycles. The van der Waals surface area contributed by atoms with Crippen molar-refractivity contribution in [3.05, 3.63) is 48.0 Å². The van der Waals surface area contributed by atoms with Gasteiger partial charge >= 0.3 is 0 Å². The summed E-state index contributed by atoms with van der Waals surface area (Å²) in [6, 6.07) is 8.74. The van der Waals surface area contributed by atoms with Crippen molar-refractivity contribution in [2.24, 2.45) is 0 Å². The molecule has 0 unspecified atom stereocenters. The first-order valence-corrected chi connectivity index (χ1v) is 6.54. The fourth-order valence-electron chi connectivity index (χ4n) is 2.73. The van der Waals surface area contributed by atoms with Crippen molar-refractivity contribution < 1.29 is 9.59 Å². The van der Waals surface area contributed by atoms with Crippen molar-refractivity contribution in [3.8, 4) is 0 Å². The number of carbonyl (C=O) groups excluding carboxylic acids is 2. The number of benzene rings is 1. The van der Waals surface area contributed by atoms with Crippen LogP contribution in [0.1, 0.15) is 30.9 Å². The van der Waals surface area contributed by atoms with Gasteiger partial charge in [-0.3, -0.25) is 9.59 Å². The number of allylic oxidation sites excluding steroid dienone is 1. The lowest BCUT2D eigenvalue weighted by molar-refractivity contribution is -0.142. The van der Waals surface area contributed by atoms with Gasteiger partial charge in [-0.25, -0.2) is 0 Å². The van der Waals surface area contributed by atoms with Gasteiger partial charge in [0, 0.05) is 0 Å². The van der Waals surface area contributed by atoms with Crippen molar-refractivity contribution in [2.75, 3.05) is 0 Å². The molecule has 0 saturated carbocycles. The van der Waals surface area contributed by atoms with Crippen LogP contribution >= 0.6 is 0 Å². The Hall–Kier alpha value is -2.10. The van der Waals surface area contributed by atoms with Gasteiger partial charge < -0.3 is 10.6 Å². The predicted octanol–water partition coefficient (Wildman–Crippen LogP) is 1.45. The number of carbonyl (C=O) groups is 2. The molecule has 1 saturated heterocycles. The number of rotatable bonds is 1. The van der Waals surface area contributed by atoms with Crippen LogP contribution in [0.2, 0.25) is 0 Å². The Morgan fingerprint density at radius 3 is 2.58 bits per heavy atom. The van der Waals surface area contributed by atoms with Crippen molar-refractivity contribution in [1.29, 1.82) is 0 Å². The second-order valence-electron chi connectivity index (χ2n) is 5.10. The lowest BCUT2D eigenvalue weighted by Gasteiger charge is -2.40. The maximum absolute atomic E-state index is 12.3. The van der Waals surface area contributed by atoms with Crippen LogP contribution in [-0.2, 0) is 9.59 Å². The third-order valence-corrected chi connectivity index (χ3v) is 3.84. The zero-order valence-corrected chi connectivity index (χ0v) is 10.6. The summed E-state index contributed by atoms with van der Waals surface area (Å²) in [5.41, 5.74) is 0.0754. The van der Waals surface area contributed by atoms with E-state index in [0.29, 0.717) is 12.8 Å². The van der Waals surface area contributed by atoms with Gasteiger partial charge in [0.1, 0.15) is 11.6 Å². The smallest absolute Gasteiger partial charge is 0.248 e. The van der Waals surface area contributed by atoms with Gasteiger partial charge in [0.05, 0.1) is 0 Å². The molecule has 1 spiro atoms. The van der Waals surface area contributed by atoms with Gasteiger partial charge in [0.2, 0.25) is 11.8 Å². The third kappa shape index (κ3) is 2.03. The standard InChI is InChI=1S/C15H16N2O2/c18-13-12(11-7-3-1-4-8-11)16-14(19)15(17-13)9-5-2-6-10-15/h1-5,7-8,12H,6,9-10H2,(H,16,19)(H,17,18)/t12-,15-/m0/s1. The topological polar surface area (TPSA) is 58.2 Å². The van der Waals surface area contributed by atoms with E-state index in [1.54, 1.807) is 0 Å². The first-order valence-electron chi connectivity index (χ1n) is 6.54. The normalized spacial score (nSPS) is 30.0. The van der Waals surface area contributed by atoms with Gasteiger partial charge in [-0.15, -0.1) is 0 Å². The maximum Gasteiger partial charge on any atom is 0.248 e. The van der Waals surface area contributed by atoms with Gasteiger partial charge in [-0.05, 0) is 24.8 Å². The zero-order valence-electron chi connectivity index (χ0n) is 10.6. The van der Waals surface area contributed by atoms with E-state index in [9.17, 15) is 9.59 Å². The Labute approximate surface area is 111 Å². The van der Waals surface area contributed by atoms with Gasteiger partial charge in [0.15, 0.2) is 0 Å². The summed E-state index contributed by atoms with van der Waals surface area (Å²) < 4.78 is 0. The van der Waals surface area contributed by atoms with Crippen LogP contribution in [0.4, 0.5) is 0 Å². The highest BCUT2D eigenvalue weighted by atomic mass is 16.2. The highest BCUT2D eigenvalue weighted by Gasteiger charge is 2.46. The molecule has 2 atom stereocenters. The van der Waals surface area contributed by atoms with Gasteiger partial charge in [0.25, 0.3) is 0 Å². The Bertz CT molecular complexity index is 538. The molecule has 3 rings (SSSR count). The van der Waals surface area contributed by atoms with Crippen molar-refractivity contribution in [1.82, 2.24) is 10.6 Å². The molecule has 0 aromatic heterocycles. The highest BCUT2D eigenvalue weighted by Crippen LogP contribution is 2.29. The van der Waals surface area contributed by atoms with Gasteiger partial charge in [-0.2, -0.15) is 0 Å². The SMILES string of the molecule is O=C1N[C@]2(CC=CCC2)C(=O)N[C@H]1c1ccccc1. The van der Waals surface area contributed by atoms with E-state index in [0.717, 1.165) is 12.0 Å². The molecule has 0 bridgehead atoms. The van der Waals surface area contributed by atoms with E-state index in [1.807, 2.05) is 42.5 Å². The van der Waals surface area contributed by atoms with Crippen LogP contribution in [0.25, 0.3) is 0 Å². The van der Waals surface area contributed by atoms with Crippen LogP contribution in [0, 0.1) is 0 Å². The lowest BCUT2D eigenvalue weighted by atomic mass is 9.82. The monoisotopic (exact) mass is 256 g/mol. The van der Waals surface area contributed by atoms with E-state index in [2.05, 4.69) is 10.6 Å². The molecule has 1 aliphatic carbocycles. The summed E-state index contributed by atoms with van der Waals surface area (Å²) in [5, 5.41) is 5.79. The average molecular weight is 256 g/mol. The number of amides is 2. The fourth-order valence-corrected chi connectivity index (χ4v) is 2.73. The Kier molecular flexibility index (Phi) is 2.85. The summed E-state index contributed by atoms with van der Waals surface area (Å²) in [6.45, 7) is 0. The van der Waals surface area contributed by atoms with Crippen molar-refractivity contribution in [3.63, 3.8) is 0 Å². The minimum absolute atomic E-state index is 0.0784. The molecule has 2 aliphatic rings. The molecular weight excluding hydrogens is 240 g/mol. The van der Waals surface area contributed by atoms with Crippen LogP contribution in [0.5, 0.6) is 0 Å². The van der Waals surface area contributed by atoms with Crippen LogP contribution in [-0.4, -0.2) is 17.4 Å². The lowest BCUT2D eigenvalue weighted by Crippen LogP contribution is -2.66. The first kappa shape index (κ1) is 12.0. The van der Waals surface area contributed by atoms with Crippen LogP contribution in [0.3, 0.4) is 0 Å². The second kappa shape index (κ2) is 4.53. The molecule has 1 fully saturated rings. The zero-order chi connectivity index (χ0) is 13.3. The fraction of sp³-hybridized carbons (Fsp3) is 0.333. The highest BCUT2D eigenvalue weighted by molar-refractivity contribution is 6.00. The van der Waals surface area contributed by atoms with Crippen molar-refractivity contribution >= 4 is 11.8 Å². The molecule has 19 heavy (non-hydrogen) atoms. The minimum atomic E-state index is -0.739. The third-order valence-electron chi connectivity index (χ3n) is 3.84. The number of hydrogen-bond donors (Lipinski definition) is 2. The summed E-state index contributed by atoms with van der Waals surface area (Å²) in [5.74, 6) is -0.202. The summed E-state index contributed by atoms with van der Waals surface area (Å²) in [6.07, 6.45) is 6.08. The molecule has 98 valence electrons. The maximum atomic E-state index is 12.3. The summed E-state index contributed by atoms with van der Waals surface area (Å²) >= 11 is 0. The molecule has 4 heteroatoms. The molecule has 2 amide bonds. The van der Waals surface area contributed by atoms with E-state index in [-0.39, 0.29) is 11.8 Å². The van der Waals surface area contributed by atoms with Crippen LogP contribution in [0.15, 0.2) is 42.5 Å². The van der Waals surface area contributed by atoms with E-state index in [4.69, 9.17) is 0 Å². The molecule has 2 N–H and O–H groups in total. The molecule has 0 radical (unpaired) electrons. The summed E-state index contributed by atoms with van der Waals surface area (Å²) in [7, 11) is 0. The van der Waals surface area contributed by atoms with Crippen LogP contribution < -0.4 is 10.6 Å². The Morgan fingerprint density at radius 1 is 1.11 bits per heavy atom. The van der Waals surface area contributed by atoms with Crippen molar-refractivity contribution in [2.45, 2.75) is 30.8 Å². The predicted molar refractivity (Wildman–Crippen MR) is 71.2 cm³/mol. The summed E-state index contributed by atoms with van der Waals surface area (Å²) in [4.78, 5) is 24.6. The van der Waals surface area contributed by atoms with E-state index < -0.39 is 11.6 Å². The average Bonchev–Trinajstić information content (AvgIpc) is 2.45. The van der Waals surface area contributed by atoms with E-state index >= 15 is 0 Å². The van der Waals surface area contributed by atoms with E-state index in [1.165, 1.54) is 0 Å². The van der Waals surface area contributed by atoms with Gasteiger partial charge in [-0.1, -0.05) is 42.5 Å². The largest absolute Gasteiger partial charge is 0.339 e. The number of piperazine rings is 1. The second-order valence-corrected chi connectivity index (χ2v) is 5.10. The Balaban J connectivity index is 1.85. The number of nitrogens with one attached hydrogen (secondary N) is 2. The first-order chi connectivity index (χ1) is 9.21.